The molecule has 0 fully saturated rings. The van der Waals surface area contributed by atoms with Crippen LogP contribution in [0.2, 0.25) is 0 Å². The van der Waals surface area contributed by atoms with E-state index in [1.54, 1.807) is 18.2 Å². The van der Waals surface area contributed by atoms with Crippen molar-refractivity contribution in [3.8, 4) is 22.9 Å². The summed E-state index contributed by atoms with van der Waals surface area (Å²) in [6.07, 6.45) is 0. The fraction of sp³-hybridized carbons (Fsp3) is 0.308. The van der Waals surface area contributed by atoms with Gasteiger partial charge < -0.3 is 9.47 Å². The molecule has 1 aromatic heterocycles. The highest BCUT2D eigenvalue weighted by Gasteiger charge is 2.34. The molecular weight excluding hydrogens is 443 g/mol. The zero-order chi connectivity index (χ0) is 18.1. The van der Waals surface area contributed by atoms with Gasteiger partial charge in [0.2, 0.25) is 7.59 Å². The summed E-state index contributed by atoms with van der Waals surface area (Å²) in [5, 5.41) is 0. The second-order valence-electron chi connectivity index (χ2n) is 4.34. The van der Waals surface area contributed by atoms with Gasteiger partial charge in [-0.2, -0.15) is 0 Å². The number of benzene rings is 1. The van der Waals surface area contributed by atoms with Gasteiger partial charge in [0, 0.05) is 0 Å². The highest BCUT2D eigenvalue weighted by molar-refractivity contribution is 6.67. The minimum absolute atomic E-state index is 0.100. The molecule has 0 bridgehead atoms. The van der Waals surface area contributed by atoms with Gasteiger partial charge in [0.05, 0.1) is 19.8 Å². The second-order valence-corrected chi connectivity index (χ2v) is 8.91. The molecule has 130 valence electrons. The molecule has 24 heavy (non-hydrogen) atoms. The summed E-state index contributed by atoms with van der Waals surface area (Å²) in [5.41, 5.74) is 0.449. The lowest BCUT2D eigenvalue weighted by Crippen LogP contribution is -2.17. The van der Waals surface area contributed by atoms with E-state index >= 15 is 0 Å². The van der Waals surface area contributed by atoms with Crippen LogP contribution in [0.3, 0.4) is 0 Å². The van der Waals surface area contributed by atoms with E-state index in [1.165, 1.54) is 14.2 Å². The van der Waals surface area contributed by atoms with Crippen LogP contribution in [-0.4, -0.2) is 29.2 Å². The molecule has 0 aliphatic carbocycles. The predicted molar refractivity (Wildman–Crippen MR) is 96.8 cm³/mol. The van der Waals surface area contributed by atoms with Crippen LogP contribution in [0.5, 0.6) is 11.5 Å². The molecule has 0 aliphatic rings. The van der Waals surface area contributed by atoms with E-state index in [9.17, 15) is 0 Å². The van der Waals surface area contributed by atoms with Crippen LogP contribution in [0.4, 0.5) is 0 Å². The normalized spacial score (nSPS) is 12.2. The molecule has 0 aliphatic heterocycles. The zero-order valence-corrected chi connectivity index (χ0v) is 16.7. The van der Waals surface area contributed by atoms with Gasteiger partial charge in [0.25, 0.3) is 0 Å². The van der Waals surface area contributed by atoms with Crippen LogP contribution < -0.4 is 9.47 Å². The molecule has 0 saturated heterocycles. The Bertz CT molecular complexity index is 713. The standard InChI is InChI=1S/C13H9Cl6N3O2/c1-23-7-5-3-4-6(8(7)24-2)9-20-10(12(14,15)16)22-11(21-9)13(17,18)19/h3-5H,1-2H3. The number of methoxy groups -OCH3 is 2. The van der Waals surface area contributed by atoms with Crippen LogP contribution in [0.1, 0.15) is 11.6 Å². The average Bonchev–Trinajstić information content (AvgIpc) is 2.51. The van der Waals surface area contributed by atoms with Crippen LogP contribution in [0, 0.1) is 0 Å². The summed E-state index contributed by atoms with van der Waals surface area (Å²) in [6, 6.07) is 5.10. The van der Waals surface area contributed by atoms with Crippen molar-refractivity contribution in [3.63, 3.8) is 0 Å². The first-order chi connectivity index (χ1) is 11.1. The highest BCUT2D eigenvalue weighted by atomic mass is 35.6. The van der Waals surface area contributed by atoms with E-state index < -0.39 is 7.59 Å². The number of halogens is 6. The van der Waals surface area contributed by atoms with Crippen molar-refractivity contribution in [2.75, 3.05) is 14.2 Å². The van der Waals surface area contributed by atoms with Gasteiger partial charge in [-0.05, 0) is 12.1 Å². The Kier molecular flexibility index (Phi) is 6.17. The highest BCUT2D eigenvalue weighted by Crippen LogP contribution is 2.42. The molecule has 0 unspecified atom stereocenters. The molecule has 11 heteroatoms. The number of alkyl halides is 6. The van der Waals surface area contributed by atoms with Crippen molar-refractivity contribution in [2.24, 2.45) is 0 Å². The number of rotatable bonds is 3. The predicted octanol–water partition coefficient (Wildman–Crippen LogP) is 5.21. The third-order valence-corrected chi connectivity index (χ3v) is 3.80. The smallest absolute Gasteiger partial charge is 0.250 e. The molecule has 0 amide bonds. The number of aromatic nitrogens is 3. The Morgan fingerprint density at radius 1 is 0.792 bits per heavy atom. The molecular formula is C13H9Cl6N3O2. The van der Waals surface area contributed by atoms with Gasteiger partial charge in [-0.15, -0.1) is 0 Å². The number of hydrogen-bond donors (Lipinski definition) is 0. The number of nitrogens with zero attached hydrogens (tertiary/aromatic N) is 3. The van der Waals surface area contributed by atoms with Gasteiger partial charge in [-0.25, -0.2) is 15.0 Å². The van der Waals surface area contributed by atoms with Gasteiger partial charge in [-0.1, -0.05) is 75.7 Å². The quantitative estimate of drug-likeness (QED) is 0.599. The minimum atomic E-state index is -1.94. The average molecular weight is 452 g/mol. The van der Waals surface area contributed by atoms with Crippen molar-refractivity contribution in [1.29, 1.82) is 0 Å². The van der Waals surface area contributed by atoms with Gasteiger partial charge >= 0.3 is 0 Å². The molecule has 1 heterocycles. The van der Waals surface area contributed by atoms with Crippen molar-refractivity contribution in [3.05, 3.63) is 29.8 Å². The molecule has 0 N–H and O–H groups in total. The van der Waals surface area contributed by atoms with Crippen molar-refractivity contribution in [2.45, 2.75) is 7.59 Å². The second kappa shape index (κ2) is 7.44. The van der Waals surface area contributed by atoms with Gasteiger partial charge in [-0.3, -0.25) is 0 Å². The Balaban J connectivity index is 2.75. The summed E-state index contributed by atoms with van der Waals surface area (Å²) in [5.74, 6) is 0.550. The van der Waals surface area contributed by atoms with E-state index in [-0.39, 0.29) is 17.5 Å². The summed E-state index contributed by atoms with van der Waals surface area (Å²) in [4.78, 5) is 12.2. The van der Waals surface area contributed by atoms with Gasteiger partial charge in [0.15, 0.2) is 29.0 Å². The first-order valence-electron chi connectivity index (χ1n) is 6.19. The lowest BCUT2D eigenvalue weighted by Gasteiger charge is -2.17. The topological polar surface area (TPSA) is 57.1 Å². The lowest BCUT2D eigenvalue weighted by molar-refractivity contribution is 0.356. The SMILES string of the molecule is COc1cccc(-c2nc(C(Cl)(Cl)Cl)nc(C(Cl)(Cl)Cl)n2)c1OC. The molecule has 5 nitrogen and oxygen atoms in total. The van der Waals surface area contributed by atoms with Crippen LogP contribution in [-0.2, 0) is 7.59 Å². The van der Waals surface area contributed by atoms with E-state index in [1.807, 2.05) is 0 Å². The Labute approximate surface area is 168 Å². The minimum Gasteiger partial charge on any atom is -0.493 e. The maximum absolute atomic E-state index is 5.87. The molecule has 0 spiro atoms. The lowest BCUT2D eigenvalue weighted by atomic mass is 10.1. The number of ether oxygens (including phenoxy) is 2. The molecule has 0 saturated carbocycles. The summed E-state index contributed by atoms with van der Waals surface area (Å²) in [6.45, 7) is 0. The molecule has 0 radical (unpaired) electrons. The zero-order valence-electron chi connectivity index (χ0n) is 12.2. The largest absolute Gasteiger partial charge is 0.493 e. The molecule has 1 aromatic carbocycles. The van der Waals surface area contributed by atoms with Crippen LogP contribution in [0.25, 0.3) is 11.4 Å². The van der Waals surface area contributed by atoms with E-state index in [0.717, 1.165) is 0 Å². The first-order valence-corrected chi connectivity index (χ1v) is 8.46. The van der Waals surface area contributed by atoms with Crippen LogP contribution in [0.15, 0.2) is 18.2 Å². The summed E-state index contributed by atoms with van der Waals surface area (Å²) < 4.78 is 6.72. The third-order valence-electron chi connectivity index (χ3n) is 2.79. The third kappa shape index (κ3) is 4.40. The molecule has 0 atom stereocenters. The molecule has 2 aromatic rings. The van der Waals surface area contributed by atoms with E-state index in [4.69, 9.17) is 79.1 Å². The Hall–Kier alpha value is -0.430. The van der Waals surface area contributed by atoms with Crippen LogP contribution >= 0.6 is 69.6 Å². The summed E-state index contributed by atoms with van der Waals surface area (Å²) >= 11 is 35.2. The van der Waals surface area contributed by atoms with E-state index in [2.05, 4.69) is 15.0 Å². The fourth-order valence-corrected chi connectivity index (χ4v) is 2.32. The molecule has 2 rings (SSSR count). The van der Waals surface area contributed by atoms with E-state index in [0.29, 0.717) is 17.1 Å². The number of para-hydroxylation sites is 1. The monoisotopic (exact) mass is 449 g/mol. The van der Waals surface area contributed by atoms with Crippen molar-refractivity contribution in [1.82, 2.24) is 15.0 Å². The van der Waals surface area contributed by atoms with Gasteiger partial charge in [0.1, 0.15) is 0 Å². The fourth-order valence-electron chi connectivity index (χ4n) is 1.81. The van der Waals surface area contributed by atoms with Crippen molar-refractivity contribution >= 4 is 69.6 Å². The maximum Gasteiger partial charge on any atom is 0.250 e. The summed E-state index contributed by atoms with van der Waals surface area (Å²) in [7, 11) is 2.96. The Morgan fingerprint density at radius 3 is 1.75 bits per heavy atom. The maximum atomic E-state index is 5.87. The Morgan fingerprint density at radius 2 is 1.33 bits per heavy atom. The number of hydrogen-bond acceptors (Lipinski definition) is 5. The first kappa shape index (κ1) is 19.9. The van der Waals surface area contributed by atoms with Crippen molar-refractivity contribution < 1.29 is 9.47 Å².